The number of likely N-dealkylation sites (tertiary alicyclic amines) is 1. The molecule has 0 aliphatic carbocycles. The van der Waals surface area contributed by atoms with Gasteiger partial charge in [0.2, 0.25) is 0 Å². The van der Waals surface area contributed by atoms with Crippen molar-refractivity contribution in [1.82, 2.24) is 10.2 Å². The molecule has 18 heavy (non-hydrogen) atoms. The zero-order chi connectivity index (χ0) is 11.2. The summed E-state index contributed by atoms with van der Waals surface area (Å²) in [5, 5.41) is 3.53. The Morgan fingerprint density at radius 2 is 1.94 bits per heavy atom. The van der Waals surface area contributed by atoms with Crippen LogP contribution in [0.25, 0.3) is 0 Å². The van der Waals surface area contributed by atoms with Gasteiger partial charge < -0.3 is 10.2 Å². The van der Waals surface area contributed by atoms with E-state index < -0.39 is 0 Å². The van der Waals surface area contributed by atoms with Gasteiger partial charge in [-0.05, 0) is 70.6 Å². The fourth-order valence-electron chi connectivity index (χ4n) is 3.34. The van der Waals surface area contributed by atoms with Gasteiger partial charge >= 0.3 is 0 Å². The monoisotopic (exact) mass is 296 g/mol. The summed E-state index contributed by atoms with van der Waals surface area (Å²) in [5.74, 6) is 0.952. The standard InChI is InChI=1S/C14H28N2.2ClH/c1-2-14-7-3-4-10-16(14)11-8-13-6-5-9-15-12-13;;/h13-15H,2-12H2,1H3;2*1H. The molecule has 2 rings (SSSR count). The molecule has 0 aromatic heterocycles. The highest BCUT2D eigenvalue weighted by atomic mass is 35.5. The van der Waals surface area contributed by atoms with E-state index in [1.165, 1.54) is 71.1 Å². The summed E-state index contributed by atoms with van der Waals surface area (Å²) in [6, 6.07) is 0.894. The molecule has 2 fully saturated rings. The molecule has 2 aliphatic rings. The molecule has 0 aromatic carbocycles. The minimum atomic E-state index is 0. The van der Waals surface area contributed by atoms with E-state index in [4.69, 9.17) is 0 Å². The van der Waals surface area contributed by atoms with Crippen LogP contribution in [0.3, 0.4) is 0 Å². The van der Waals surface area contributed by atoms with Gasteiger partial charge in [0.15, 0.2) is 0 Å². The highest BCUT2D eigenvalue weighted by molar-refractivity contribution is 5.85. The third-order valence-corrected chi connectivity index (χ3v) is 4.44. The van der Waals surface area contributed by atoms with Gasteiger partial charge in [-0.25, -0.2) is 0 Å². The Hall–Kier alpha value is 0.500. The molecule has 2 heterocycles. The second-order valence-corrected chi connectivity index (χ2v) is 5.59. The van der Waals surface area contributed by atoms with Crippen LogP contribution in [0.4, 0.5) is 0 Å². The Bertz CT molecular complexity index is 196. The molecule has 2 saturated heterocycles. The first-order valence-electron chi connectivity index (χ1n) is 7.35. The first kappa shape index (κ1) is 18.5. The zero-order valence-electron chi connectivity index (χ0n) is 11.7. The Labute approximate surface area is 125 Å². The summed E-state index contributed by atoms with van der Waals surface area (Å²) in [6.45, 7) is 7.58. The lowest BCUT2D eigenvalue weighted by molar-refractivity contribution is 0.131. The predicted molar refractivity (Wildman–Crippen MR) is 84.2 cm³/mol. The van der Waals surface area contributed by atoms with Gasteiger partial charge in [0.25, 0.3) is 0 Å². The van der Waals surface area contributed by atoms with Crippen molar-refractivity contribution in [3.05, 3.63) is 0 Å². The van der Waals surface area contributed by atoms with Crippen molar-refractivity contribution >= 4 is 24.8 Å². The molecule has 2 unspecified atom stereocenters. The van der Waals surface area contributed by atoms with Crippen molar-refractivity contribution in [2.75, 3.05) is 26.2 Å². The molecule has 4 heteroatoms. The van der Waals surface area contributed by atoms with Crippen LogP contribution in [0.15, 0.2) is 0 Å². The van der Waals surface area contributed by atoms with Gasteiger partial charge in [0, 0.05) is 6.04 Å². The Morgan fingerprint density at radius 3 is 2.61 bits per heavy atom. The van der Waals surface area contributed by atoms with Crippen molar-refractivity contribution in [3.63, 3.8) is 0 Å². The SMILES string of the molecule is CCC1CCCCN1CCC1CCCNC1.Cl.Cl. The lowest BCUT2D eigenvalue weighted by atomic mass is 9.94. The van der Waals surface area contributed by atoms with E-state index in [1.807, 2.05) is 0 Å². The molecule has 2 aliphatic heterocycles. The van der Waals surface area contributed by atoms with Gasteiger partial charge in [-0.1, -0.05) is 13.3 Å². The normalized spacial score (nSPS) is 29.2. The summed E-state index contributed by atoms with van der Waals surface area (Å²) in [6.07, 6.45) is 9.95. The van der Waals surface area contributed by atoms with Gasteiger partial charge in [-0.15, -0.1) is 24.8 Å². The van der Waals surface area contributed by atoms with E-state index in [2.05, 4.69) is 17.1 Å². The third-order valence-electron chi connectivity index (χ3n) is 4.44. The van der Waals surface area contributed by atoms with Crippen LogP contribution in [0.1, 0.15) is 51.9 Å². The molecule has 0 radical (unpaired) electrons. The van der Waals surface area contributed by atoms with Crippen LogP contribution in [-0.2, 0) is 0 Å². The number of hydrogen-bond donors (Lipinski definition) is 1. The molecule has 0 spiro atoms. The van der Waals surface area contributed by atoms with E-state index in [1.54, 1.807) is 0 Å². The molecule has 1 N–H and O–H groups in total. The summed E-state index contributed by atoms with van der Waals surface area (Å²) in [5.41, 5.74) is 0. The lowest BCUT2D eigenvalue weighted by Crippen LogP contribution is -2.41. The van der Waals surface area contributed by atoms with E-state index in [0.29, 0.717) is 0 Å². The molecule has 0 amide bonds. The van der Waals surface area contributed by atoms with Gasteiger partial charge in [0.1, 0.15) is 0 Å². The van der Waals surface area contributed by atoms with Crippen molar-refractivity contribution < 1.29 is 0 Å². The molecule has 2 nitrogen and oxygen atoms in total. The minimum absolute atomic E-state index is 0. The molecule has 110 valence electrons. The van der Waals surface area contributed by atoms with Crippen LogP contribution in [0.5, 0.6) is 0 Å². The molecule has 0 saturated carbocycles. The van der Waals surface area contributed by atoms with Crippen molar-refractivity contribution in [3.8, 4) is 0 Å². The summed E-state index contributed by atoms with van der Waals surface area (Å²) in [4.78, 5) is 2.76. The first-order chi connectivity index (χ1) is 7.90. The van der Waals surface area contributed by atoms with Crippen LogP contribution >= 0.6 is 24.8 Å². The highest BCUT2D eigenvalue weighted by Gasteiger charge is 2.21. The second kappa shape index (κ2) is 10.3. The Kier molecular flexibility index (Phi) is 10.6. The van der Waals surface area contributed by atoms with Crippen LogP contribution in [0, 0.1) is 5.92 Å². The van der Waals surface area contributed by atoms with E-state index in [0.717, 1.165) is 12.0 Å². The minimum Gasteiger partial charge on any atom is -0.316 e. The molecular weight excluding hydrogens is 267 g/mol. The van der Waals surface area contributed by atoms with Crippen molar-refractivity contribution in [1.29, 1.82) is 0 Å². The summed E-state index contributed by atoms with van der Waals surface area (Å²) in [7, 11) is 0. The highest BCUT2D eigenvalue weighted by Crippen LogP contribution is 2.22. The lowest BCUT2D eigenvalue weighted by Gasteiger charge is -2.36. The van der Waals surface area contributed by atoms with Crippen LogP contribution in [0.2, 0.25) is 0 Å². The van der Waals surface area contributed by atoms with Crippen molar-refractivity contribution in [2.45, 2.75) is 57.9 Å². The van der Waals surface area contributed by atoms with Gasteiger partial charge in [-0.2, -0.15) is 0 Å². The molecule has 0 bridgehead atoms. The maximum Gasteiger partial charge on any atom is 0.00926 e. The Morgan fingerprint density at radius 1 is 1.11 bits per heavy atom. The summed E-state index contributed by atoms with van der Waals surface area (Å²) >= 11 is 0. The zero-order valence-corrected chi connectivity index (χ0v) is 13.3. The maximum atomic E-state index is 3.53. The molecule has 2 atom stereocenters. The predicted octanol–water partition coefficient (Wildman–Crippen LogP) is 3.48. The van der Waals surface area contributed by atoms with Gasteiger partial charge in [0.05, 0.1) is 0 Å². The average molecular weight is 297 g/mol. The largest absolute Gasteiger partial charge is 0.316 e. The fraction of sp³-hybridized carbons (Fsp3) is 1.00. The van der Waals surface area contributed by atoms with E-state index in [-0.39, 0.29) is 24.8 Å². The molecular formula is C14H30Cl2N2. The number of halogens is 2. The summed E-state index contributed by atoms with van der Waals surface area (Å²) < 4.78 is 0. The number of piperidine rings is 2. The Balaban J connectivity index is 0.00000144. The first-order valence-corrected chi connectivity index (χ1v) is 7.35. The quantitative estimate of drug-likeness (QED) is 0.854. The number of nitrogens with zero attached hydrogens (tertiary/aromatic N) is 1. The van der Waals surface area contributed by atoms with Crippen LogP contribution in [-0.4, -0.2) is 37.1 Å². The molecule has 0 aromatic rings. The smallest absolute Gasteiger partial charge is 0.00926 e. The maximum absolute atomic E-state index is 3.53. The number of rotatable bonds is 4. The average Bonchev–Trinajstić information content (AvgIpc) is 2.38. The topological polar surface area (TPSA) is 15.3 Å². The van der Waals surface area contributed by atoms with E-state index >= 15 is 0 Å². The van der Waals surface area contributed by atoms with Crippen molar-refractivity contribution in [2.24, 2.45) is 5.92 Å². The number of nitrogens with one attached hydrogen (secondary N) is 1. The second-order valence-electron chi connectivity index (χ2n) is 5.59. The third kappa shape index (κ3) is 5.64. The van der Waals surface area contributed by atoms with Gasteiger partial charge in [-0.3, -0.25) is 0 Å². The number of hydrogen-bond acceptors (Lipinski definition) is 2. The van der Waals surface area contributed by atoms with Crippen LogP contribution < -0.4 is 5.32 Å². The fourth-order valence-corrected chi connectivity index (χ4v) is 3.34. The van der Waals surface area contributed by atoms with E-state index in [9.17, 15) is 0 Å².